The molecule has 0 aliphatic heterocycles. The molecule has 0 bridgehead atoms. The highest BCUT2D eigenvalue weighted by molar-refractivity contribution is 7.20. The smallest absolute Gasteiger partial charge is 0.348 e. The van der Waals surface area contributed by atoms with E-state index in [4.69, 9.17) is 9.47 Å². The van der Waals surface area contributed by atoms with Gasteiger partial charge < -0.3 is 14.6 Å². The zero-order valence-corrected chi connectivity index (χ0v) is 21.7. The van der Waals surface area contributed by atoms with Crippen molar-refractivity contribution in [3.8, 4) is 11.8 Å². The van der Waals surface area contributed by atoms with E-state index in [2.05, 4.69) is 9.97 Å². The molecule has 3 aromatic heterocycles. The predicted octanol–water partition coefficient (Wildman–Crippen LogP) is 5.10. The number of hydrogen-bond acceptors (Lipinski definition) is 10. The number of ether oxygens (including phenoxy) is 2. The van der Waals surface area contributed by atoms with Crippen molar-refractivity contribution < 1.29 is 19.4 Å². The van der Waals surface area contributed by atoms with Gasteiger partial charge in [0.15, 0.2) is 0 Å². The second-order valence-electron chi connectivity index (χ2n) is 8.13. The molecule has 9 nitrogen and oxygen atoms in total. The van der Waals surface area contributed by atoms with Gasteiger partial charge in [0.2, 0.25) is 0 Å². The van der Waals surface area contributed by atoms with E-state index < -0.39 is 11.5 Å². The van der Waals surface area contributed by atoms with E-state index in [1.165, 1.54) is 22.2 Å². The summed E-state index contributed by atoms with van der Waals surface area (Å²) in [5, 5.41) is 21.1. The molecule has 38 heavy (non-hydrogen) atoms. The van der Waals surface area contributed by atoms with Crippen LogP contribution in [-0.2, 0) is 11.3 Å². The highest BCUT2D eigenvalue weighted by Gasteiger charge is 2.22. The lowest BCUT2D eigenvalue weighted by molar-refractivity contribution is 0.0455. The van der Waals surface area contributed by atoms with Crippen LogP contribution in [0.2, 0.25) is 0 Å². The largest absolute Gasteiger partial charge is 0.509 e. The SMILES string of the molecule is Cc1c(C(=O)OCCOc2ccccc2)sc2ncn(C/C(O)=C(\C#N)c3nc4ccccc4s3)c(=O)c12. The topological polar surface area (TPSA) is 127 Å². The number of aromatic nitrogens is 3. The van der Waals surface area contributed by atoms with Crippen molar-refractivity contribution in [1.29, 1.82) is 5.26 Å². The molecule has 5 aromatic rings. The standard InChI is InChI=1S/C27H20N4O5S2/c1-16-22-25(38-23(16)27(34)36-12-11-35-17-7-3-2-4-8-17)29-15-31(26(22)33)14-20(32)18(13-28)24-30-19-9-5-6-10-21(19)37-24/h2-10,15,32H,11-12,14H2,1H3/b20-18-. The Bertz CT molecular complexity index is 1750. The van der Waals surface area contributed by atoms with Gasteiger partial charge in [-0.15, -0.1) is 22.7 Å². The van der Waals surface area contributed by atoms with Crippen LogP contribution in [0, 0.1) is 18.3 Å². The summed E-state index contributed by atoms with van der Waals surface area (Å²) < 4.78 is 12.9. The minimum atomic E-state index is -0.571. The zero-order valence-electron chi connectivity index (χ0n) is 20.1. The van der Waals surface area contributed by atoms with Crippen molar-refractivity contribution in [3.63, 3.8) is 0 Å². The minimum absolute atomic E-state index is 0.0118. The molecule has 0 aliphatic rings. The average Bonchev–Trinajstić information content (AvgIpc) is 3.50. The predicted molar refractivity (Wildman–Crippen MR) is 146 cm³/mol. The Labute approximate surface area is 224 Å². The maximum atomic E-state index is 13.3. The number of nitriles is 1. The number of thiophene rings is 1. The number of carbonyl (C=O) groups excluding carboxylic acids is 1. The summed E-state index contributed by atoms with van der Waals surface area (Å²) in [6.45, 7) is 1.61. The summed E-state index contributed by atoms with van der Waals surface area (Å²) in [7, 11) is 0. The number of para-hydroxylation sites is 2. The van der Waals surface area contributed by atoms with Gasteiger partial charge in [-0.1, -0.05) is 30.3 Å². The van der Waals surface area contributed by atoms with E-state index in [0.717, 1.165) is 16.0 Å². The molecule has 0 unspecified atom stereocenters. The fourth-order valence-corrected chi connectivity index (χ4v) is 5.81. The van der Waals surface area contributed by atoms with Gasteiger partial charge in [-0.3, -0.25) is 9.36 Å². The number of thiazole rings is 1. The molecule has 0 amide bonds. The first-order valence-electron chi connectivity index (χ1n) is 11.5. The van der Waals surface area contributed by atoms with Gasteiger partial charge in [0.05, 0.1) is 28.5 Å². The molecule has 3 heterocycles. The van der Waals surface area contributed by atoms with Crippen molar-refractivity contribution in [3.05, 3.63) is 92.5 Å². The fraction of sp³-hybridized carbons (Fsp3) is 0.148. The van der Waals surface area contributed by atoms with E-state index in [0.29, 0.717) is 26.7 Å². The average molecular weight is 545 g/mol. The summed E-state index contributed by atoms with van der Waals surface area (Å²) in [4.78, 5) is 35.3. The van der Waals surface area contributed by atoms with Gasteiger partial charge in [-0.05, 0) is 36.8 Å². The van der Waals surface area contributed by atoms with Gasteiger partial charge in [0.1, 0.15) is 51.1 Å². The number of fused-ring (bicyclic) bond motifs is 2. The molecule has 0 radical (unpaired) electrons. The third kappa shape index (κ3) is 5.00. The lowest BCUT2D eigenvalue weighted by Crippen LogP contribution is -2.22. The first-order chi connectivity index (χ1) is 18.5. The van der Waals surface area contributed by atoms with Gasteiger partial charge >= 0.3 is 5.97 Å². The van der Waals surface area contributed by atoms with Crippen LogP contribution >= 0.6 is 22.7 Å². The molecule has 11 heteroatoms. The van der Waals surface area contributed by atoms with Gasteiger partial charge in [-0.25, -0.2) is 14.8 Å². The number of allylic oxidation sites excluding steroid dienone is 2. The number of aliphatic hydroxyl groups excluding tert-OH is 1. The summed E-state index contributed by atoms with van der Waals surface area (Å²) in [5.41, 5.74) is 0.708. The molecular formula is C27H20N4O5S2. The number of esters is 1. The second kappa shape index (κ2) is 10.8. The molecule has 0 saturated heterocycles. The summed E-state index contributed by atoms with van der Waals surface area (Å²) in [6, 6.07) is 18.6. The van der Waals surface area contributed by atoms with Crippen LogP contribution in [-0.4, -0.2) is 38.8 Å². The number of nitrogens with zero attached hydrogens (tertiary/aromatic N) is 4. The first-order valence-corrected chi connectivity index (χ1v) is 13.1. The Balaban J connectivity index is 1.35. The lowest BCUT2D eigenvalue weighted by atomic mass is 10.2. The van der Waals surface area contributed by atoms with E-state index in [9.17, 15) is 20.0 Å². The monoisotopic (exact) mass is 544 g/mol. The molecule has 0 spiro atoms. The normalized spacial score (nSPS) is 11.8. The summed E-state index contributed by atoms with van der Waals surface area (Å²) in [6.07, 6.45) is 1.28. The van der Waals surface area contributed by atoms with Crippen LogP contribution in [0.3, 0.4) is 0 Å². The number of rotatable bonds is 8. The fourth-order valence-electron chi connectivity index (χ4n) is 3.80. The van der Waals surface area contributed by atoms with Crippen molar-refractivity contribution in [2.75, 3.05) is 13.2 Å². The van der Waals surface area contributed by atoms with E-state index >= 15 is 0 Å². The minimum Gasteiger partial charge on any atom is -0.509 e. The number of aryl methyl sites for hydroxylation is 1. The van der Waals surface area contributed by atoms with Crippen LogP contribution in [0.1, 0.15) is 20.2 Å². The van der Waals surface area contributed by atoms with Gasteiger partial charge in [0.25, 0.3) is 5.56 Å². The quantitative estimate of drug-likeness (QED) is 0.124. The van der Waals surface area contributed by atoms with Crippen molar-refractivity contribution in [2.24, 2.45) is 0 Å². The number of aliphatic hydroxyl groups is 1. The van der Waals surface area contributed by atoms with Crippen LogP contribution in [0.5, 0.6) is 5.75 Å². The van der Waals surface area contributed by atoms with E-state index in [1.54, 1.807) is 19.1 Å². The van der Waals surface area contributed by atoms with Gasteiger partial charge in [-0.2, -0.15) is 5.26 Å². The molecule has 2 aromatic carbocycles. The molecule has 0 saturated carbocycles. The molecule has 5 rings (SSSR count). The van der Waals surface area contributed by atoms with Crippen LogP contribution in [0.15, 0.2) is 71.5 Å². The van der Waals surface area contributed by atoms with Crippen LogP contribution < -0.4 is 10.3 Å². The van der Waals surface area contributed by atoms with Gasteiger partial charge in [0, 0.05) is 0 Å². The molecular weight excluding hydrogens is 524 g/mol. The van der Waals surface area contributed by atoms with Crippen LogP contribution in [0.25, 0.3) is 26.0 Å². The Hall–Kier alpha value is -4.53. The zero-order chi connectivity index (χ0) is 26.6. The molecule has 190 valence electrons. The number of hydrogen-bond donors (Lipinski definition) is 1. The molecule has 1 N–H and O–H groups in total. The van der Waals surface area contributed by atoms with Crippen molar-refractivity contribution in [1.82, 2.24) is 14.5 Å². The molecule has 0 aliphatic carbocycles. The summed E-state index contributed by atoms with van der Waals surface area (Å²) in [5.74, 6) is -0.203. The van der Waals surface area contributed by atoms with Crippen molar-refractivity contribution in [2.45, 2.75) is 13.5 Å². The Morgan fingerprint density at radius 2 is 1.87 bits per heavy atom. The number of carbonyl (C=O) groups is 1. The van der Waals surface area contributed by atoms with Crippen molar-refractivity contribution >= 4 is 54.6 Å². The maximum Gasteiger partial charge on any atom is 0.348 e. The lowest BCUT2D eigenvalue weighted by Gasteiger charge is -2.07. The highest BCUT2D eigenvalue weighted by atomic mass is 32.1. The highest BCUT2D eigenvalue weighted by Crippen LogP contribution is 2.29. The Kier molecular flexibility index (Phi) is 7.17. The number of benzene rings is 2. The Morgan fingerprint density at radius 1 is 1.11 bits per heavy atom. The van der Waals surface area contributed by atoms with E-state index in [1.807, 2.05) is 48.5 Å². The second-order valence-corrected chi connectivity index (χ2v) is 10.2. The molecule has 0 fully saturated rings. The maximum absolute atomic E-state index is 13.3. The third-order valence-electron chi connectivity index (χ3n) is 5.66. The third-order valence-corrected chi connectivity index (χ3v) is 7.89. The molecule has 0 atom stereocenters. The van der Waals surface area contributed by atoms with E-state index in [-0.39, 0.29) is 41.4 Å². The Morgan fingerprint density at radius 3 is 2.63 bits per heavy atom. The first kappa shape index (κ1) is 25.1. The van der Waals surface area contributed by atoms with Crippen LogP contribution in [0.4, 0.5) is 0 Å². The summed E-state index contributed by atoms with van der Waals surface area (Å²) >= 11 is 2.34.